The number of nitrogens with zero attached hydrogens (tertiary/aromatic N) is 2. The molecule has 0 radical (unpaired) electrons. The van der Waals surface area contributed by atoms with Gasteiger partial charge in [0.1, 0.15) is 35.2 Å². The first kappa shape index (κ1) is 20.3. The molecule has 4 rings (SSSR count). The Morgan fingerprint density at radius 3 is 2.48 bits per heavy atom. The lowest BCUT2D eigenvalue weighted by Crippen LogP contribution is -2.06. The molecule has 0 aliphatic rings. The number of carbonyl (C=O) groups is 1. The first-order valence-corrected chi connectivity index (χ1v) is 9.78. The summed E-state index contributed by atoms with van der Waals surface area (Å²) in [6, 6.07) is 16.0. The number of anilines is 1. The lowest BCUT2D eigenvalue weighted by atomic mass is 10.1. The van der Waals surface area contributed by atoms with Gasteiger partial charge in [0.2, 0.25) is 0 Å². The topological polar surface area (TPSA) is 99.6 Å². The molecule has 0 saturated heterocycles. The Morgan fingerprint density at radius 1 is 1.06 bits per heavy atom. The van der Waals surface area contributed by atoms with E-state index in [-0.39, 0.29) is 12.2 Å². The summed E-state index contributed by atoms with van der Waals surface area (Å²) in [5, 5.41) is 9.31. The van der Waals surface area contributed by atoms with Gasteiger partial charge in [-0.3, -0.25) is 0 Å². The van der Waals surface area contributed by atoms with Crippen molar-refractivity contribution in [1.29, 1.82) is 0 Å². The zero-order valence-electron chi connectivity index (χ0n) is 17.5. The third-order valence-electron chi connectivity index (χ3n) is 5.22. The van der Waals surface area contributed by atoms with E-state index in [9.17, 15) is 9.90 Å². The van der Waals surface area contributed by atoms with E-state index in [4.69, 9.17) is 15.2 Å². The van der Waals surface area contributed by atoms with E-state index in [2.05, 4.69) is 4.98 Å². The average Bonchev–Trinajstić information content (AvgIpc) is 3.06. The molecule has 0 aliphatic heterocycles. The first-order valence-electron chi connectivity index (χ1n) is 9.78. The molecule has 0 spiro atoms. The molecule has 1 heterocycles. The Balaban J connectivity index is 1.58. The van der Waals surface area contributed by atoms with E-state index in [0.29, 0.717) is 17.3 Å². The minimum absolute atomic E-state index is 0.117. The Bertz CT molecular complexity index is 1270. The van der Waals surface area contributed by atoms with Crippen LogP contribution in [-0.2, 0) is 13.7 Å². The van der Waals surface area contributed by atoms with Gasteiger partial charge in [-0.05, 0) is 61.4 Å². The molecule has 31 heavy (non-hydrogen) atoms. The Labute approximate surface area is 179 Å². The summed E-state index contributed by atoms with van der Waals surface area (Å²) in [4.78, 5) is 16.0. The molecule has 0 bridgehead atoms. The molecular weight excluding hydrogens is 394 g/mol. The average molecular weight is 417 g/mol. The zero-order chi connectivity index (χ0) is 22.1. The van der Waals surface area contributed by atoms with E-state index in [0.717, 1.165) is 33.6 Å². The molecule has 158 valence electrons. The molecule has 0 fully saturated rings. The molecule has 1 aromatic heterocycles. The highest BCUT2D eigenvalue weighted by molar-refractivity contribution is 5.90. The predicted octanol–water partition coefficient (Wildman–Crippen LogP) is 4.84. The highest BCUT2D eigenvalue weighted by atomic mass is 16.5. The number of aryl methyl sites for hydroxylation is 3. The van der Waals surface area contributed by atoms with Crippen LogP contribution in [0.25, 0.3) is 11.0 Å². The summed E-state index contributed by atoms with van der Waals surface area (Å²) in [5.74, 6) is 1.35. The van der Waals surface area contributed by atoms with Crippen LogP contribution in [-0.4, -0.2) is 20.6 Å². The van der Waals surface area contributed by atoms with Crippen molar-refractivity contribution in [2.45, 2.75) is 20.5 Å². The van der Waals surface area contributed by atoms with Crippen molar-refractivity contribution in [3.63, 3.8) is 0 Å². The SMILES string of the molecule is Cc1cc(Oc2ccc3nc(COc4ccccc4C(=O)O)n(C)c3c2)cc(C)c1N. The van der Waals surface area contributed by atoms with Gasteiger partial charge in [-0.15, -0.1) is 0 Å². The van der Waals surface area contributed by atoms with Gasteiger partial charge in [-0.25, -0.2) is 9.78 Å². The molecule has 7 heteroatoms. The summed E-state index contributed by atoms with van der Waals surface area (Å²) in [5.41, 5.74) is 10.5. The molecule has 0 aliphatic carbocycles. The Hall–Kier alpha value is -4.00. The van der Waals surface area contributed by atoms with Crippen LogP contribution < -0.4 is 15.2 Å². The molecular formula is C24H23N3O4. The van der Waals surface area contributed by atoms with Gasteiger partial charge in [-0.2, -0.15) is 0 Å². The number of hydrogen-bond donors (Lipinski definition) is 2. The van der Waals surface area contributed by atoms with Gasteiger partial charge >= 0.3 is 5.97 Å². The number of hydrogen-bond acceptors (Lipinski definition) is 5. The monoisotopic (exact) mass is 417 g/mol. The van der Waals surface area contributed by atoms with Crippen molar-refractivity contribution in [1.82, 2.24) is 9.55 Å². The van der Waals surface area contributed by atoms with Crippen LogP contribution in [0, 0.1) is 13.8 Å². The van der Waals surface area contributed by atoms with Crippen molar-refractivity contribution >= 4 is 22.7 Å². The van der Waals surface area contributed by atoms with Crippen LogP contribution in [0.5, 0.6) is 17.2 Å². The smallest absolute Gasteiger partial charge is 0.339 e. The number of nitrogen functional groups attached to an aromatic ring is 1. The van der Waals surface area contributed by atoms with Gasteiger partial charge in [0.05, 0.1) is 11.0 Å². The van der Waals surface area contributed by atoms with Gasteiger partial charge in [-0.1, -0.05) is 12.1 Å². The minimum atomic E-state index is -1.03. The van der Waals surface area contributed by atoms with Gasteiger partial charge in [0.15, 0.2) is 0 Å². The van der Waals surface area contributed by atoms with E-state index in [1.807, 2.05) is 55.8 Å². The highest BCUT2D eigenvalue weighted by Crippen LogP contribution is 2.30. The fourth-order valence-electron chi connectivity index (χ4n) is 3.45. The summed E-state index contributed by atoms with van der Waals surface area (Å²) in [7, 11) is 1.89. The molecule has 0 atom stereocenters. The molecule has 7 nitrogen and oxygen atoms in total. The minimum Gasteiger partial charge on any atom is -0.485 e. The number of aromatic nitrogens is 2. The van der Waals surface area contributed by atoms with Crippen LogP contribution in [0.4, 0.5) is 5.69 Å². The third kappa shape index (κ3) is 4.02. The van der Waals surface area contributed by atoms with Crippen LogP contribution in [0.1, 0.15) is 27.3 Å². The van der Waals surface area contributed by atoms with Crippen molar-refractivity contribution in [2.24, 2.45) is 7.05 Å². The maximum absolute atomic E-state index is 11.4. The number of para-hydroxylation sites is 1. The highest BCUT2D eigenvalue weighted by Gasteiger charge is 2.14. The number of fused-ring (bicyclic) bond motifs is 1. The molecule has 4 aromatic rings. The van der Waals surface area contributed by atoms with E-state index >= 15 is 0 Å². The lowest BCUT2D eigenvalue weighted by molar-refractivity contribution is 0.0691. The standard InChI is InChI=1S/C24H23N3O4/c1-14-10-17(11-15(2)23(14)25)31-16-8-9-19-20(12-16)27(3)22(26-19)13-30-21-7-5-4-6-18(21)24(28)29/h4-12H,13,25H2,1-3H3,(H,28,29). The molecule has 3 aromatic carbocycles. The van der Waals surface area contributed by atoms with Crippen LogP contribution in [0.15, 0.2) is 54.6 Å². The van der Waals surface area contributed by atoms with Gasteiger partial charge < -0.3 is 24.9 Å². The van der Waals surface area contributed by atoms with Crippen molar-refractivity contribution < 1.29 is 19.4 Å². The first-order chi connectivity index (χ1) is 14.8. The van der Waals surface area contributed by atoms with E-state index < -0.39 is 5.97 Å². The Morgan fingerprint density at radius 2 is 1.77 bits per heavy atom. The summed E-state index contributed by atoms with van der Waals surface area (Å²) in [6.07, 6.45) is 0. The third-order valence-corrected chi connectivity index (χ3v) is 5.22. The van der Waals surface area contributed by atoms with Gasteiger partial charge in [0.25, 0.3) is 0 Å². The van der Waals surface area contributed by atoms with Crippen LogP contribution in [0.2, 0.25) is 0 Å². The maximum atomic E-state index is 11.4. The lowest BCUT2D eigenvalue weighted by Gasteiger charge is -2.11. The van der Waals surface area contributed by atoms with Crippen LogP contribution in [0.3, 0.4) is 0 Å². The second-order valence-electron chi connectivity index (χ2n) is 7.40. The van der Waals surface area contributed by atoms with E-state index in [1.165, 1.54) is 6.07 Å². The molecule has 3 N–H and O–H groups in total. The largest absolute Gasteiger partial charge is 0.485 e. The molecule has 0 saturated carbocycles. The predicted molar refractivity (Wildman–Crippen MR) is 119 cm³/mol. The van der Waals surface area contributed by atoms with Crippen LogP contribution >= 0.6 is 0 Å². The number of imidazole rings is 1. The molecule has 0 unspecified atom stereocenters. The number of carboxylic acid groups (broad SMARTS) is 1. The second kappa shape index (κ2) is 8.02. The van der Waals surface area contributed by atoms with E-state index in [1.54, 1.807) is 18.2 Å². The fourth-order valence-corrected chi connectivity index (χ4v) is 3.45. The van der Waals surface area contributed by atoms with Crippen molar-refractivity contribution in [3.8, 4) is 17.2 Å². The summed E-state index contributed by atoms with van der Waals surface area (Å²) in [6.45, 7) is 4.05. The summed E-state index contributed by atoms with van der Waals surface area (Å²) >= 11 is 0. The van der Waals surface area contributed by atoms with Gasteiger partial charge in [0, 0.05) is 18.8 Å². The maximum Gasteiger partial charge on any atom is 0.339 e. The molecule has 0 amide bonds. The zero-order valence-corrected chi connectivity index (χ0v) is 17.5. The Kier molecular flexibility index (Phi) is 5.25. The number of ether oxygens (including phenoxy) is 2. The number of carboxylic acids is 1. The number of benzene rings is 3. The second-order valence-corrected chi connectivity index (χ2v) is 7.40. The fraction of sp³-hybridized carbons (Fsp3) is 0.167. The van der Waals surface area contributed by atoms with Crippen molar-refractivity contribution in [3.05, 3.63) is 77.1 Å². The number of aromatic carboxylic acids is 1. The summed E-state index contributed by atoms with van der Waals surface area (Å²) < 4.78 is 13.7. The quantitative estimate of drug-likeness (QED) is 0.436. The number of nitrogens with two attached hydrogens (primary N) is 1. The number of rotatable bonds is 6. The van der Waals surface area contributed by atoms with Crippen molar-refractivity contribution in [2.75, 3.05) is 5.73 Å². The normalized spacial score (nSPS) is 10.9.